The highest BCUT2D eigenvalue weighted by molar-refractivity contribution is 5.58. The molecule has 0 saturated carbocycles. The number of anilines is 1. The fraction of sp³-hybridized carbons (Fsp3) is 0.588. The van der Waals surface area contributed by atoms with Crippen molar-refractivity contribution in [3.8, 4) is 6.07 Å². The van der Waals surface area contributed by atoms with Gasteiger partial charge in [-0.1, -0.05) is 0 Å². The van der Waals surface area contributed by atoms with Gasteiger partial charge >= 0.3 is 0 Å². The van der Waals surface area contributed by atoms with Gasteiger partial charge in [-0.05, 0) is 50.3 Å². The number of ether oxygens (including phenoxy) is 1. The maximum atomic E-state index is 9.10. The van der Waals surface area contributed by atoms with Gasteiger partial charge in [0.25, 0.3) is 0 Å². The molecular weight excluding hydrogens is 264 g/mol. The molecule has 0 unspecified atom stereocenters. The van der Waals surface area contributed by atoms with Gasteiger partial charge in [-0.3, -0.25) is 0 Å². The number of rotatable bonds is 4. The Morgan fingerprint density at radius 2 is 2.29 bits per heavy atom. The van der Waals surface area contributed by atoms with Crippen LogP contribution >= 0.6 is 0 Å². The van der Waals surface area contributed by atoms with Gasteiger partial charge in [-0.15, -0.1) is 0 Å². The van der Waals surface area contributed by atoms with E-state index in [4.69, 9.17) is 15.1 Å². The van der Waals surface area contributed by atoms with E-state index in [0.29, 0.717) is 17.5 Å². The Morgan fingerprint density at radius 3 is 3.10 bits per heavy atom. The predicted molar refractivity (Wildman–Crippen MR) is 80.9 cm³/mol. The van der Waals surface area contributed by atoms with E-state index in [-0.39, 0.29) is 12.7 Å². The van der Waals surface area contributed by atoms with Gasteiger partial charge < -0.3 is 15.2 Å². The lowest BCUT2D eigenvalue weighted by atomic mass is 9.78. The molecule has 0 aromatic heterocycles. The summed E-state index contributed by atoms with van der Waals surface area (Å²) in [5, 5.41) is 21.7. The van der Waals surface area contributed by atoms with Crippen molar-refractivity contribution in [3.05, 3.63) is 29.3 Å². The van der Waals surface area contributed by atoms with Crippen molar-refractivity contribution in [2.24, 2.45) is 5.92 Å². The molecule has 0 spiro atoms. The van der Waals surface area contributed by atoms with E-state index < -0.39 is 0 Å². The van der Waals surface area contributed by atoms with Crippen LogP contribution in [0.15, 0.2) is 18.2 Å². The van der Waals surface area contributed by atoms with Gasteiger partial charge in [-0.25, -0.2) is 0 Å². The summed E-state index contributed by atoms with van der Waals surface area (Å²) in [6.07, 6.45) is 5.33. The van der Waals surface area contributed by atoms with Crippen molar-refractivity contribution in [2.75, 3.05) is 18.5 Å². The summed E-state index contributed by atoms with van der Waals surface area (Å²) in [6.45, 7) is 1.07. The number of nitrogens with one attached hydrogen (secondary N) is 1. The highest BCUT2D eigenvalue weighted by Gasteiger charge is 2.38. The molecule has 1 aromatic carbocycles. The second kappa shape index (κ2) is 6.46. The van der Waals surface area contributed by atoms with Crippen LogP contribution in [0.1, 0.15) is 49.3 Å². The minimum Gasteiger partial charge on any atom is -0.396 e. The quantitative estimate of drug-likeness (QED) is 0.835. The van der Waals surface area contributed by atoms with E-state index in [1.165, 1.54) is 0 Å². The number of nitrogens with zero attached hydrogens (tertiary/aromatic N) is 1. The highest BCUT2D eigenvalue weighted by atomic mass is 16.5. The fourth-order valence-corrected chi connectivity index (χ4v) is 3.61. The summed E-state index contributed by atoms with van der Waals surface area (Å²) in [4.78, 5) is 0. The van der Waals surface area contributed by atoms with Crippen LogP contribution in [0.5, 0.6) is 0 Å². The first kappa shape index (κ1) is 14.4. The number of hydrogen-bond acceptors (Lipinski definition) is 4. The van der Waals surface area contributed by atoms with E-state index >= 15 is 0 Å². The number of aliphatic hydroxyl groups is 1. The topological polar surface area (TPSA) is 65.3 Å². The van der Waals surface area contributed by atoms with Crippen molar-refractivity contribution in [2.45, 2.75) is 44.2 Å². The van der Waals surface area contributed by atoms with E-state index in [9.17, 15) is 0 Å². The fourth-order valence-electron chi connectivity index (χ4n) is 3.61. The Balaban J connectivity index is 1.85. The minimum absolute atomic E-state index is 0.113. The van der Waals surface area contributed by atoms with E-state index in [1.54, 1.807) is 0 Å². The SMILES string of the molecule is N#Cc1ccc2c(c1)[C@H]1OCCC[C@H]1[C@@H](CCCCO)N2. The summed E-state index contributed by atoms with van der Waals surface area (Å²) >= 11 is 0. The molecule has 2 N–H and O–H groups in total. The second-order valence-corrected chi connectivity index (χ2v) is 5.98. The van der Waals surface area contributed by atoms with E-state index in [0.717, 1.165) is 50.0 Å². The Labute approximate surface area is 125 Å². The molecule has 2 heterocycles. The Hall–Kier alpha value is -1.57. The summed E-state index contributed by atoms with van der Waals surface area (Å²) in [5.41, 5.74) is 2.94. The van der Waals surface area contributed by atoms with Gasteiger partial charge in [0, 0.05) is 36.4 Å². The Kier molecular flexibility index (Phi) is 4.42. The molecule has 0 aliphatic carbocycles. The van der Waals surface area contributed by atoms with Crippen LogP contribution in [0.4, 0.5) is 5.69 Å². The maximum Gasteiger partial charge on any atom is 0.0991 e. The first-order chi connectivity index (χ1) is 10.3. The second-order valence-electron chi connectivity index (χ2n) is 5.98. The van der Waals surface area contributed by atoms with Crippen LogP contribution in [-0.2, 0) is 4.74 Å². The van der Waals surface area contributed by atoms with Crippen molar-refractivity contribution >= 4 is 5.69 Å². The molecule has 1 saturated heterocycles. The number of fused-ring (bicyclic) bond motifs is 3. The average Bonchev–Trinajstić information content (AvgIpc) is 2.55. The first-order valence-corrected chi connectivity index (χ1v) is 7.86. The molecule has 3 rings (SSSR count). The lowest BCUT2D eigenvalue weighted by Crippen LogP contribution is -2.41. The molecule has 0 bridgehead atoms. The largest absolute Gasteiger partial charge is 0.396 e. The third kappa shape index (κ3) is 2.90. The van der Waals surface area contributed by atoms with Crippen LogP contribution < -0.4 is 5.32 Å². The van der Waals surface area contributed by atoms with Gasteiger partial charge in [0.2, 0.25) is 0 Å². The Bertz CT molecular complexity index is 538. The zero-order valence-corrected chi connectivity index (χ0v) is 12.2. The maximum absolute atomic E-state index is 9.10. The van der Waals surface area contributed by atoms with Crippen molar-refractivity contribution in [1.82, 2.24) is 0 Å². The third-order valence-corrected chi connectivity index (χ3v) is 4.64. The number of nitriles is 1. The molecule has 0 radical (unpaired) electrons. The van der Waals surface area contributed by atoms with Crippen LogP contribution in [-0.4, -0.2) is 24.4 Å². The molecule has 1 fully saturated rings. The molecule has 1 aromatic rings. The highest BCUT2D eigenvalue weighted by Crippen LogP contribution is 2.45. The van der Waals surface area contributed by atoms with Crippen LogP contribution in [0, 0.1) is 17.2 Å². The van der Waals surface area contributed by atoms with Crippen molar-refractivity contribution in [1.29, 1.82) is 5.26 Å². The van der Waals surface area contributed by atoms with Crippen molar-refractivity contribution < 1.29 is 9.84 Å². The molecule has 2 aliphatic heterocycles. The normalized spacial score (nSPS) is 27.1. The monoisotopic (exact) mass is 286 g/mol. The average molecular weight is 286 g/mol. The first-order valence-electron chi connectivity index (χ1n) is 7.86. The molecule has 4 nitrogen and oxygen atoms in total. The third-order valence-electron chi connectivity index (χ3n) is 4.64. The lowest BCUT2D eigenvalue weighted by Gasteiger charge is -2.43. The summed E-state index contributed by atoms with van der Waals surface area (Å²) in [6, 6.07) is 8.45. The van der Waals surface area contributed by atoms with Gasteiger partial charge in [-0.2, -0.15) is 5.26 Å². The van der Waals surface area contributed by atoms with Crippen LogP contribution in [0.25, 0.3) is 0 Å². The number of aliphatic hydroxyl groups excluding tert-OH is 1. The van der Waals surface area contributed by atoms with E-state index in [2.05, 4.69) is 11.4 Å². The van der Waals surface area contributed by atoms with Gasteiger partial charge in [0.05, 0.1) is 17.7 Å². The molecule has 21 heavy (non-hydrogen) atoms. The van der Waals surface area contributed by atoms with Crippen LogP contribution in [0.3, 0.4) is 0 Å². The minimum atomic E-state index is 0.113. The van der Waals surface area contributed by atoms with Gasteiger partial charge in [0.15, 0.2) is 0 Å². The number of unbranched alkanes of at least 4 members (excludes halogenated alkanes) is 1. The number of benzene rings is 1. The summed E-state index contributed by atoms with van der Waals surface area (Å²) < 4.78 is 6.05. The molecular formula is C17H22N2O2. The molecule has 2 aliphatic rings. The zero-order valence-electron chi connectivity index (χ0n) is 12.2. The molecule has 0 amide bonds. The Morgan fingerprint density at radius 1 is 1.38 bits per heavy atom. The molecule has 3 atom stereocenters. The predicted octanol–water partition coefficient (Wildman–Crippen LogP) is 2.98. The zero-order chi connectivity index (χ0) is 14.7. The standard InChI is InChI=1S/C17H22N2O2/c18-11-12-6-7-16-14(10-12)17-13(4-3-9-21-17)15(19-16)5-1-2-8-20/h6-7,10,13,15,17,19-20H,1-5,8-9H2/t13-,15+,17-/m0/s1. The summed E-state index contributed by atoms with van der Waals surface area (Å²) in [5.74, 6) is 0.471. The lowest BCUT2D eigenvalue weighted by molar-refractivity contribution is -0.0387. The molecule has 4 heteroatoms. The van der Waals surface area contributed by atoms with E-state index in [1.807, 2.05) is 18.2 Å². The molecule has 112 valence electrons. The summed E-state index contributed by atoms with van der Waals surface area (Å²) in [7, 11) is 0. The van der Waals surface area contributed by atoms with Crippen LogP contribution in [0.2, 0.25) is 0 Å². The smallest absolute Gasteiger partial charge is 0.0991 e. The number of hydrogen-bond donors (Lipinski definition) is 2. The van der Waals surface area contributed by atoms with Gasteiger partial charge in [0.1, 0.15) is 0 Å². The van der Waals surface area contributed by atoms with Crippen molar-refractivity contribution in [3.63, 3.8) is 0 Å².